The Kier molecular flexibility index (Phi) is 11.5. The van der Waals surface area contributed by atoms with Gasteiger partial charge in [0.05, 0.1) is 0 Å². The summed E-state index contributed by atoms with van der Waals surface area (Å²) in [6.07, 6.45) is 6.10. The Balaban J connectivity index is 0.00000441. The molecular formula is C17H36IN3O. The Bertz CT molecular complexity index is 310. The van der Waals surface area contributed by atoms with E-state index in [1.54, 1.807) is 0 Å². The van der Waals surface area contributed by atoms with Crippen LogP contribution in [0.1, 0.15) is 52.9 Å². The molecule has 5 heteroatoms. The van der Waals surface area contributed by atoms with Crippen LogP contribution in [0.3, 0.4) is 0 Å². The summed E-state index contributed by atoms with van der Waals surface area (Å²) >= 11 is 0. The third-order valence-corrected chi connectivity index (χ3v) is 4.17. The van der Waals surface area contributed by atoms with Crippen LogP contribution in [0.25, 0.3) is 0 Å². The van der Waals surface area contributed by atoms with Crippen LogP contribution in [-0.2, 0) is 4.74 Å². The third-order valence-electron chi connectivity index (χ3n) is 4.17. The molecule has 132 valence electrons. The molecule has 1 heterocycles. The molecule has 0 bridgehead atoms. The van der Waals surface area contributed by atoms with Crippen molar-refractivity contribution in [2.45, 2.75) is 52.9 Å². The minimum Gasteiger partial charge on any atom is -0.381 e. The number of aliphatic imine (C=N–C) groups is 1. The Morgan fingerprint density at radius 2 is 1.91 bits per heavy atom. The number of rotatable bonds is 6. The second kappa shape index (κ2) is 11.5. The SMILES string of the molecule is CN=C(NCCCC(C)(C)C)N(C)CCC1CCOCC1.I. The fraction of sp³-hybridized carbons (Fsp3) is 0.941. The minimum atomic E-state index is 0. The van der Waals surface area contributed by atoms with Crippen LogP contribution < -0.4 is 5.32 Å². The van der Waals surface area contributed by atoms with E-state index in [1.165, 1.54) is 32.1 Å². The van der Waals surface area contributed by atoms with Crippen LogP contribution in [0.5, 0.6) is 0 Å². The monoisotopic (exact) mass is 425 g/mol. The standard InChI is InChI=1S/C17H35N3O.HI/c1-17(2,3)10-6-11-19-16(18-4)20(5)12-7-15-8-13-21-14-9-15;/h15H,6-14H2,1-5H3,(H,18,19);1H. The number of nitrogens with one attached hydrogen (secondary N) is 1. The zero-order chi connectivity index (χ0) is 15.7. The average molecular weight is 425 g/mol. The molecule has 1 aliphatic heterocycles. The molecule has 1 aliphatic rings. The predicted molar refractivity (Wildman–Crippen MR) is 106 cm³/mol. The Hall–Kier alpha value is -0.0400. The molecule has 0 aromatic heterocycles. The van der Waals surface area contributed by atoms with Gasteiger partial charge in [0.1, 0.15) is 0 Å². The van der Waals surface area contributed by atoms with Crippen molar-refractivity contribution >= 4 is 29.9 Å². The smallest absolute Gasteiger partial charge is 0.193 e. The molecule has 0 amide bonds. The normalized spacial score (nSPS) is 17.0. The molecule has 22 heavy (non-hydrogen) atoms. The van der Waals surface area contributed by atoms with Gasteiger partial charge in [0.15, 0.2) is 5.96 Å². The molecule has 4 nitrogen and oxygen atoms in total. The van der Waals surface area contributed by atoms with Gasteiger partial charge < -0.3 is 15.0 Å². The molecule has 0 saturated carbocycles. The first-order valence-electron chi connectivity index (χ1n) is 8.42. The highest BCUT2D eigenvalue weighted by atomic mass is 127. The topological polar surface area (TPSA) is 36.9 Å². The molecule has 0 aromatic rings. The van der Waals surface area contributed by atoms with E-state index in [9.17, 15) is 0 Å². The molecular weight excluding hydrogens is 389 g/mol. The highest BCUT2D eigenvalue weighted by Crippen LogP contribution is 2.20. The first kappa shape index (κ1) is 22.0. The number of hydrogen-bond donors (Lipinski definition) is 1. The van der Waals surface area contributed by atoms with Crippen molar-refractivity contribution in [2.75, 3.05) is 40.4 Å². The number of nitrogens with zero attached hydrogens (tertiary/aromatic N) is 2. The predicted octanol–water partition coefficient (Wildman–Crippen LogP) is 3.75. The summed E-state index contributed by atoms with van der Waals surface area (Å²) in [5, 5.41) is 3.48. The van der Waals surface area contributed by atoms with E-state index in [2.05, 4.69) is 43.0 Å². The molecule has 0 spiro atoms. The number of halogens is 1. The van der Waals surface area contributed by atoms with Crippen molar-refractivity contribution in [3.8, 4) is 0 Å². The summed E-state index contributed by atoms with van der Waals surface area (Å²) < 4.78 is 5.42. The molecule has 0 aromatic carbocycles. The highest BCUT2D eigenvalue weighted by molar-refractivity contribution is 14.0. The van der Waals surface area contributed by atoms with Gasteiger partial charge in [-0.25, -0.2) is 0 Å². The number of hydrogen-bond acceptors (Lipinski definition) is 2. The summed E-state index contributed by atoms with van der Waals surface area (Å²) in [5.41, 5.74) is 0.417. The molecule has 0 unspecified atom stereocenters. The van der Waals surface area contributed by atoms with Gasteiger partial charge in [-0.15, -0.1) is 24.0 Å². The van der Waals surface area contributed by atoms with Crippen molar-refractivity contribution in [2.24, 2.45) is 16.3 Å². The van der Waals surface area contributed by atoms with Gasteiger partial charge >= 0.3 is 0 Å². The quantitative estimate of drug-likeness (QED) is 0.305. The van der Waals surface area contributed by atoms with Crippen LogP contribution in [0.4, 0.5) is 0 Å². The second-order valence-electron chi connectivity index (χ2n) is 7.40. The summed E-state index contributed by atoms with van der Waals surface area (Å²) in [5.74, 6) is 1.84. The van der Waals surface area contributed by atoms with Crippen molar-refractivity contribution in [1.82, 2.24) is 10.2 Å². The lowest BCUT2D eigenvalue weighted by Crippen LogP contribution is -2.40. The summed E-state index contributed by atoms with van der Waals surface area (Å²) in [7, 11) is 4.01. The van der Waals surface area contributed by atoms with Crippen LogP contribution in [0, 0.1) is 11.3 Å². The molecule has 1 saturated heterocycles. The highest BCUT2D eigenvalue weighted by Gasteiger charge is 2.15. The van der Waals surface area contributed by atoms with Gasteiger partial charge in [-0.2, -0.15) is 0 Å². The van der Waals surface area contributed by atoms with Gasteiger partial charge in [0.25, 0.3) is 0 Å². The molecule has 0 radical (unpaired) electrons. The third kappa shape index (κ3) is 9.87. The van der Waals surface area contributed by atoms with E-state index in [1.807, 2.05) is 7.05 Å². The largest absolute Gasteiger partial charge is 0.381 e. The Morgan fingerprint density at radius 1 is 1.27 bits per heavy atom. The number of ether oxygens (including phenoxy) is 1. The first-order chi connectivity index (χ1) is 9.92. The Labute approximate surface area is 154 Å². The summed E-state index contributed by atoms with van der Waals surface area (Å²) in [4.78, 5) is 6.65. The molecule has 1 fully saturated rings. The molecule has 1 rings (SSSR count). The molecule has 0 atom stereocenters. The fourth-order valence-corrected chi connectivity index (χ4v) is 2.72. The van der Waals surface area contributed by atoms with Crippen molar-refractivity contribution in [1.29, 1.82) is 0 Å². The zero-order valence-corrected chi connectivity index (χ0v) is 17.5. The summed E-state index contributed by atoms with van der Waals surface area (Å²) in [6.45, 7) is 10.8. The molecule has 1 N–H and O–H groups in total. The summed E-state index contributed by atoms with van der Waals surface area (Å²) in [6, 6.07) is 0. The van der Waals surface area contributed by atoms with Crippen LogP contribution >= 0.6 is 24.0 Å². The van der Waals surface area contributed by atoms with E-state index in [0.29, 0.717) is 5.41 Å². The lowest BCUT2D eigenvalue weighted by Gasteiger charge is -2.27. The average Bonchev–Trinajstić information content (AvgIpc) is 2.45. The second-order valence-corrected chi connectivity index (χ2v) is 7.40. The van der Waals surface area contributed by atoms with Crippen molar-refractivity contribution in [3.05, 3.63) is 0 Å². The van der Waals surface area contributed by atoms with E-state index in [-0.39, 0.29) is 24.0 Å². The molecule has 0 aliphatic carbocycles. The van der Waals surface area contributed by atoms with Gasteiger partial charge in [-0.3, -0.25) is 4.99 Å². The minimum absolute atomic E-state index is 0. The van der Waals surface area contributed by atoms with Gasteiger partial charge in [-0.1, -0.05) is 20.8 Å². The van der Waals surface area contributed by atoms with Gasteiger partial charge in [0, 0.05) is 40.4 Å². The first-order valence-corrected chi connectivity index (χ1v) is 8.42. The lowest BCUT2D eigenvalue weighted by molar-refractivity contribution is 0.0625. The van der Waals surface area contributed by atoms with Crippen LogP contribution in [-0.4, -0.2) is 51.3 Å². The van der Waals surface area contributed by atoms with Crippen LogP contribution in [0.2, 0.25) is 0 Å². The van der Waals surface area contributed by atoms with Crippen LogP contribution in [0.15, 0.2) is 4.99 Å². The zero-order valence-electron chi connectivity index (χ0n) is 15.2. The van der Waals surface area contributed by atoms with Crippen molar-refractivity contribution in [3.63, 3.8) is 0 Å². The maximum Gasteiger partial charge on any atom is 0.193 e. The van der Waals surface area contributed by atoms with E-state index >= 15 is 0 Å². The van der Waals surface area contributed by atoms with E-state index in [4.69, 9.17) is 4.74 Å². The maximum absolute atomic E-state index is 5.42. The Morgan fingerprint density at radius 3 is 2.45 bits per heavy atom. The van der Waals surface area contributed by atoms with Gasteiger partial charge in [-0.05, 0) is 43.4 Å². The van der Waals surface area contributed by atoms with Gasteiger partial charge in [0.2, 0.25) is 0 Å². The lowest BCUT2D eigenvalue weighted by atomic mass is 9.91. The van der Waals surface area contributed by atoms with Crippen molar-refractivity contribution < 1.29 is 4.74 Å². The fourth-order valence-electron chi connectivity index (χ4n) is 2.72. The maximum atomic E-state index is 5.42. The van der Waals surface area contributed by atoms with E-state index in [0.717, 1.165) is 38.2 Å². The van der Waals surface area contributed by atoms with E-state index < -0.39 is 0 Å². The number of guanidine groups is 1.